The fourth-order valence-corrected chi connectivity index (χ4v) is 1.55. The van der Waals surface area contributed by atoms with E-state index in [0.29, 0.717) is 13.0 Å². The number of carboxylic acid groups (broad SMARTS) is 1. The van der Waals surface area contributed by atoms with Gasteiger partial charge in [-0.05, 0) is 6.92 Å². The Labute approximate surface area is 76.1 Å². The van der Waals surface area contributed by atoms with Crippen molar-refractivity contribution >= 4 is 11.9 Å². The number of carboxylic acids is 1. The molecule has 1 fully saturated rings. The molecule has 0 bridgehead atoms. The number of amides is 1. The molecule has 0 aliphatic carbocycles. The van der Waals surface area contributed by atoms with Crippen molar-refractivity contribution in [3.8, 4) is 0 Å². The minimum Gasteiger partial charge on any atom is -0.479 e. The Morgan fingerprint density at radius 3 is 2.54 bits per heavy atom. The highest BCUT2D eigenvalue weighted by molar-refractivity contribution is 5.86. The minimum atomic E-state index is -1.23. The Bertz CT molecular complexity index is 240. The van der Waals surface area contributed by atoms with Crippen molar-refractivity contribution in [1.29, 1.82) is 0 Å². The molecule has 0 saturated carbocycles. The average Bonchev–Trinajstić information content (AvgIpc) is 2.32. The zero-order valence-electron chi connectivity index (χ0n) is 7.66. The molecule has 1 heterocycles. The summed E-state index contributed by atoms with van der Waals surface area (Å²) in [6.07, 6.45) is -0.155. The molecule has 5 heteroatoms. The fourth-order valence-electron chi connectivity index (χ4n) is 1.55. The number of ether oxygens (including phenoxy) is 1. The van der Waals surface area contributed by atoms with Crippen LogP contribution in [0.25, 0.3) is 0 Å². The van der Waals surface area contributed by atoms with E-state index in [0.717, 1.165) is 0 Å². The molecule has 1 amide bonds. The Kier molecular flexibility index (Phi) is 2.56. The summed E-state index contributed by atoms with van der Waals surface area (Å²) in [6.45, 7) is 3.32. The summed E-state index contributed by atoms with van der Waals surface area (Å²) in [5, 5.41) is 11.4. The zero-order chi connectivity index (χ0) is 10.1. The predicted molar refractivity (Wildman–Crippen MR) is 44.2 cm³/mol. The van der Waals surface area contributed by atoms with Crippen LogP contribution in [0, 0.1) is 0 Å². The third kappa shape index (κ3) is 1.65. The summed E-state index contributed by atoms with van der Waals surface area (Å²) >= 11 is 0. The molecule has 74 valence electrons. The Hall–Kier alpha value is -1.10. The normalized spacial score (nSPS) is 32.9. The molecule has 0 radical (unpaired) electrons. The van der Waals surface area contributed by atoms with Crippen LogP contribution in [0.1, 0.15) is 20.3 Å². The third-order valence-electron chi connectivity index (χ3n) is 2.34. The van der Waals surface area contributed by atoms with Crippen molar-refractivity contribution in [2.75, 3.05) is 6.61 Å². The summed E-state index contributed by atoms with van der Waals surface area (Å²) in [6, 6.07) is 0. The highest BCUT2D eigenvalue weighted by Crippen LogP contribution is 2.25. The number of rotatable bonds is 2. The van der Waals surface area contributed by atoms with Crippen LogP contribution in [0.2, 0.25) is 0 Å². The molecule has 2 atom stereocenters. The lowest BCUT2D eigenvalue weighted by Crippen LogP contribution is -2.58. The van der Waals surface area contributed by atoms with Crippen molar-refractivity contribution < 1.29 is 19.4 Å². The monoisotopic (exact) mass is 187 g/mol. The average molecular weight is 187 g/mol. The molecule has 1 rings (SSSR count). The van der Waals surface area contributed by atoms with Gasteiger partial charge in [0, 0.05) is 20.0 Å². The number of carbonyl (C=O) groups excluding carboxylic acids is 1. The van der Waals surface area contributed by atoms with Gasteiger partial charge < -0.3 is 15.2 Å². The van der Waals surface area contributed by atoms with Gasteiger partial charge in [0.2, 0.25) is 5.91 Å². The first-order valence-electron chi connectivity index (χ1n) is 4.13. The first kappa shape index (κ1) is 9.98. The van der Waals surface area contributed by atoms with Gasteiger partial charge in [0.15, 0.2) is 5.54 Å². The van der Waals surface area contributed by atoms with Crippen molar-refractivity contribution in [2.24, 2.45) is 0 Å². The predicted octanol–water partition coefficient (Wildman–Crippen LogP) is -0.245. The lowest BCUT2D eigenvalue weighted by atomic mass is 9.92. The van der Waals surface area contributed by atoms with Gasteiger partial charge in [-0.25, -0.2) is 4.79 Å². The van der Waals surface area contributed by atoms with Crippen molar-refractivity contribution in [1.82, 2.24) is 5.32 Å². The Morgan fingerprint density at radius 1 is 1.62 bits per heavy atom. The van der Waals surface area contributed by atoms with Gasteiger partial charge >= 0.3 is 5.97 Å². The standard InChI is InChI=1S/C8H13NO4/c1-5-8(7(11)12,3-4-13-5)9-6(2)10/h5H,3-4H2,1-2H3,(H,9,10)(H,11,12). The first-order valence-corrected chi connectivity index (χ1v) is 4.13. The number of carbonyl (C=O) groups is 2. The van der Waals surface area contributed by atoms with E-state index in [2.05, 4.69) is 5.32 Å². The van der Waals surface area contributed by atoms with Crippen molar-refractivity contribution in [3.05, 3.63) is 0 Å². The number of hydrogen-bond acceptors (Lipinski definition) is 3. The van der Waals surface area contributed by atoms with E-state index in [1.165, 1.54) is 6.92 Å². The van der Waals surface area contributed by atoms with E-state index in [1.807, 2.05) is 0 Å². The maximum Gasteiger partial charge on any atom is 0.332 e. The molecule has 0 aromatic heterocycles. The molecule has 1 saturated heterocycles. The molecule has 5 nitrogen and oxygen atoms in total. The van der Waals surface area contributed by atoms with Crippen LogP contribution in [0.5, 0.6) is 0 Å². The van der Waals surface area contributed by atoms with Gasteiger partial charge in [0.05, 0.1) is 6.10 Å². The van der Waals surface area contributed by atoms with Crippen LogP contribution >= 0.6 is 0 Å². The van der Waals surface area contributed by atoms with Gasteiger partial charge in [-0.1, -0.05) is 0 Å². The van der Waals surface area contributed by atoms with E-state index in [1.54, 1.807) is 6.92 Å². The fraction of sp³-hybridized carbons (Fsp3) is 0.750. The topological polar surface area (TPSA) is 75.6 Å². The highest BCUT2D eigenvalue weighted by Gasteiger charge is 2.49. The molecular weight excluding hydrogens is 174 g/mol. The van der Waals surface area contributed by atoms with Crippen LogP contribution in [-0.4, -0.2) is 35.2 Å². The van der Waals surface area contributed by atoms with Gasteiger partial charge in [-0.3, -0.25) is 4.79 Å². The molecule has 0 spiro atoms. The maximum absolute atomic E-state index is 11.0. The first-order chi connectivity index (χ1) is 5.99. The number of hydrogen-bond donors (Lipinski definition) is 2. The SMILES string of the molecule is CC(=O)NC1(C(=O)O)CCOC1C. The van der Waals surface area contributed by atoms with Crippen LogP contribution in [0.15, 0.2) is 0 Å². The molecular formula is C8H13NO4. The van der Waals surface area contributed by atoms with Crippen molar-refractivity contribution in [2.45, 2.75) is 31.9 Å². The van der Waals surface area contributed by atoms with Gasteiger partial charge in [0.25, 0.3) is 0 Å². The second-order valence-corrected chi connectivity index (χ2v) is 3.22. The zero-order valence-corrected chi connectivity index (χ0v) is 7.66. The van der Waals surface area contributed by atoms with Gasteiger partial charge in [-0.2, -0.15) is 0 Å². The van der Waals surface area contributed by atoms with E-state index in [4.69, 9.17) is 9.84 Å². The maximum atomic E-state index is 11.0. The number of nitrogens with one attached hydrogen (secondary N) is 1. The third-order valence-corrected chi connectivity index (χ3v) is 2.34. The second kappa shape index (κ2) is 3.33. The quantitative estimate of drug-likeness (QED) is 0.625. The highest BCUT2D eigenvalue weighted by atomic mass is 16.5. The number of aliphatic carboxylic acids is 1. The van der Waals surface area contributed by atoms with Crippen LogP contribution < -0.4 is 5.32 Å². The van der Waals surface area contributed by atoms with E-state index in [-0.39, 0.29) is 5.91 Å². The molecule has 1 aliphatic rings. The van der Waals surface area contributed by atoms with Crippen LogP contribution in [0.4, 0.5) is 0 Å². The van der Waals surface area contributed by atoms with E-state index >= 15 is 0 Å². The molecule has 1 aliphatic heterocycles. The molecule has 2 unspecified atom stereocenters. The molecule has 2 N–H and O–H groups in total. The second-order valence-electron chi connectivity index (χ2n) is 3.22. The van der Waals surface area contributed by atoms with Crippen molar-refractivity contribution in [3.63, 3.8) is 0 Å². The van der Waals surface area contributed by atoms with Crippen LogP contribution in [-0.2, 0) is 14.3 Å². The summed E-state index contributed by atoms with van der Waals surface area (Å²) in [4.78, 5) is 21.8. The lowest BCUT2D eigenvalue weighted by Gasteiger charge is -2.27. The molecule has 13 heavy (non-hydrogen) atoms. The molecule has 0 aromatic carbocycles. The Morgan fingerprint density at radius 2 is 2.23 bits per heavy atom. The minimum absolute atomic E-state index is 0.323. The summed E-state index contributed by atoms with van der Waals surface area (Å²) < 4.78 is 5.14. The summed E-state index contributed by atoms with van der Waals surface area (Å²) in [5.41, 5.74) is -1.23. The Balaban J connectivity index is 2.87. The smallest absolute Gasteiger partial charge is 0.332 e. The van der Waals surface area contributed by atoms with Gasteiger partial charge in [-0.15, -0.1) is 0 Å². The summed E-state index contributed by atoms with van der Waals surface area (Å²) in [7, 11) is 0. The lowest BCUT2D eigenvalue weighted by molar-refractivity contribution is -0.149. The van der Waals surface area contributed by atoms with Gasteiger partial charge in [0.1, 0.15) is 0 Å². The summed E-state index contributed by atoms with van der Waals surface area (Å²) in [5.74, 6) is -1.38. The molecule has 0 aromatic rings. The van der Waals surface area contributed by atoms with E-state index in [9.17, 15) is 9.59 Å². The van der Waals surface area contributed by atoms with Crippen LogP contribution in [0.3, 0.4) is 0 Å². The largest absolute Gasteiger partial charge is 0.479 e. The van der Waals surface area contributed by atoms with E-state index < -0.39 is 17.6 Å².